The van der Waals surface area contributed by atoms with Gasteiger partial charge in [-0.25, -0.2) is 15.0 Å². The maximum atomic E-state index is 6.73. The molecule has 0 saturated heterocycles. The first-order valence-electron chi connectivity index (χ1n) is 21.0. The Labute approximate surface area is 363 Å². The molecule has 0 unspecified atom stereocenters. The van der Waals surface area contributed by atoms with Crippen molar-refractivity contribution >= 4 is 60.9 Å². The average Bonchev–Trinajstić information content (AvgIpc) is 3.93. The van der Waals surface area contributed by atoms with Gasteiger partial charge in [0.2, 0.25) is 0 Å². The predicted molar refractivity (Wildman–Crippen MR) is 256 cm³/mol. The second-order valence-corrected chi connectivity index (χ2v) is 15.6. The van der Waals surface area contributed by atoms with Crippen molar-refractivity contribution in [2.24, 2.45) is 0 Å². The van der Waals surface area contributed by atoms with Crippen molar-refractivity contribution in [3.8, 4) is 56.4 Å². The van der Waals surface area contributed by atoms with Crippen LogP contribution in [0.1, 0.15) is 0 Å². The van der Waals surface area contributed by atoms with E-state index in [2.05, 4.69) is 138 Å². The van der Waals surface area contributed by atoms with E-state index in [0.717, 1.165) is 99.9 Å². The Kier molecular flexibility index (Phi) is 8.71. The monoisotopic (exact) mass is 808 g/mol. The molecule has 0 spiro atoms. The van der Waals surface area contributed by atoms with Gasteiger partial charge in [0.25, 0.3) is 0 Å². The van der Waals surface area contributed by atoms with E-state index in [0.29, 0.717) is 17.5 Å². The summed E-state index contributed by atoms with van der Waals surface area (Å²) in [5.74, 6) is 1.66. The van der Waals surface area contributed by atoms with Gasteiger partial charge in [0, 0.05) is 44.2 Å². The number of rotatable bonds is 8. The van der Waals surface area contributed by atoms with Crippen LogP contribution in [0.15, 0.2) is 227 Å². The molecule has 0 radical (unpaired) electrons. The number of nitrogens with zero attached hydrogens (tertiary/aromatic N) is 4. The lowest BCUT2D eigenvalue weighted by molar-refractivity contribution is 0.668. The molecule has 0 N–H and O–H groups in total. The van der Waals surface area contributed by atoms with Gasteiger partial charge in [-0.1, -0.05) is 152 Å². The highest BCUT2D eigenvalue weighted by Crippen LogP contribution is 2.46. The summed E-state index contributed by atoms with van der Waals surface area (Å²) in [6.45, 7) is 0. The van der Waals surface area contributed by atoms with Gasteiger partial charge in [-0.05, 0) is 89.0 Å². The molecular weight excluding hydrogens is 773 g/mol. The molecule has 0 aliphatic carbocycles. The molecule has 6 nitrogen and oxygen atoms in total. The number of aromatic nitrogens is 3. The second kappa shape index (κ2) is 15.1. The predicted octanol–water partition coefficient (Wildman–Crippen LogP) is 15.5. The molecule has 63 heavy (non-hydrogen) atoms. The fourth-order valence-electron chi connectivity index (χ4n) is 8.65. The van der Waals surface area contributed by atoms with Crippen molar-refractivity contribution < 1.29 is 8.83 Å². The van der Waals surface area contributed by atoms with E-state index in [1.54, 1.807) is 0 Å². The van der Waals surface area contributed by atoms with Crippen LogP contribution in [0.2, 0.25) is 0 Å². The van der Waals surface area contributed by atoms with E-state index in [-0.39, 0.29) is 0 Å². The third-order valence-electron chi connectivity index (χ3n) is 11.7. The smallest absolute Gasteiger partial charge is 0.164 e. The first-order valence-corrected chi connectivity index (χ1v) is 21.0. The molecule has 0 saturated carbocycles. The zero-order valence-corrected chi connectivity index (χ0v) is 33.9. The first kappa shape index (κ1) is 36.3. The maximum absolute atomic E-state index is 6.73. The summed E-state index contributed by atoms with van der Waals surface area (Å²) in [7, 11) is 0. The summed E-state index contributed by atoms with van der Waals surface area (Å²) in [5, 5.41) is 4.05. The Balaban J connectivity index is 1.09. The zero-order chi connectivity index (χ0) is 41.7. The molecule has 3 aromatic heterocycles. The molecule has 12 rings (SSSR count). The number of fused-ring (bicyclic) bond motifs is 6. The highest BCUT2D eigenvalue weighted by molar-refractivity contribution is 6.14. The van der Waals surface area contributed by atoms with E-state index in [9.17, 15) is 0 Å². The van der Waals surface area contributed by atoms with Crippen LogP contribution >= 0.6 is 0 Å². The van der Waals surface area contributed by atoms with Crippen molar-refractivity contribution in [3.05, 3.63) is 218 Å². The largest absolute Gasteiger partial charge is 0.456 e. The minimum absolute atomic E-state index is 0.526. The molecule has 3 heterocycles. The quantitative estimate of drug-likeness (QED) is 0.152. The van der Waals surface area contributed by atoms with Crippen LogP contribution in [-0.2, 0) is 0 Å². The molecule has 0 bridgehead atoms. The lowest BCUT2D eigenvalue weighted by Crippen LogP contribution is -2.11. The van der Waals surface area contributed by atoms with Crippen LogP contribution < -0.4 is 4.90 Å². The molecule has 6 heteroatoms. The number of anilines is 3. The minimum atomic E-state index is 0.526. The van der Waals surface area contributed by atoms with E-state index in [1.165, 1.54) is 0 Å². The standard InChI is InChI=1S/C57H36N4O2/c1-4-14-37(15-5-1)39-24-29-44(30-25-39)61(45-31-26-40(27-32-45)38-16-6-2-7-17-38)49-35-43(36-53-54(49)47-21-11-13-23-51(47)63-53)57-59-55(41-18-8-3-9-19-41)58-56(60-57)42-28-33-52-48(34-42)46-20-10-12-22-50(46)62-52/h1-36H. The van der Waals surface area contributed by atoms with Gasteiger partial charge in [0.05, 0.1) is 11.1 Å². The Hall–Kier alpha value is -8.61. The molecule has 0 atom stereocenters. The molecular formula is C57H36N4O2. The van der Waals surface area contributed by atoms with Crippen molar-refractivity contribution in [1.29, 1.82) is 0 Å². The Morgan fingerprint density at radius 1 is 0.286 bits per heavy atom. The van der Waals surface area contributed by atoms with Gasteiger partial charge >= 0.3 is 0 Å². The van der Waals surface area contributed by atoms with Crippen molar-refractivity contribution in [2.75, 3.05) is 4.90 Å². The number of para-hydroxylation sites is 2. The number of hydrogen-bond donors (Lipinski definition) is 0. The van der Waals surface area contributed by atoms with Crippen molar-refractivity contribution in [1.82, 2.24) is 15.0 Å². The lowest BCUT2D eigenvalue weighted by Gasteiger charge is -2.27. The second-order valence-electron chi connectivity index (χ2n) is 15.6. The van der Waals surface area contributed by atoms with Gasteiger partial charge in [0.15, 0.2) is 17.5 Å². The van der Waals surface area contributed by atoms with Gasteiger partial charge in [0.1, 0.15) is 22.3 Å². The lowest BCUT2D eigenvalue weighted by atomic mass is 10.0. The van der Waals surface area contributed by atoms with E-state index < -0.39 is 0 Å². The van der Waals surface area contributed by atoms with Crippen LogP contribution in [0.4, 0.5) is 17.1 Å². The van der Waals surface area contributed by atoms with Crippen molar-refractivity contribution in [3.63, 3.8) is 0 Å². The van der Waals surface area contributed by atoms with Gasteiger partial charge in [-0.15, -0.1) is 0 Å². The fraction of sp³-hybridized carbons (Fsp3) is 0. The van der Waals surface area contributed by atoms with Crippen LogP contribution in [0.25, 0.3) is 100 Å². The molecule has 0 fully saturated rings. The summed E-state index contributed by atoms with van der Waals surface area (Å²) < 4.78 is 12.9. The summed E-state index contributed by atoms with van der Waals surface area (Å²) in [6.07, 6.45) is 0. The van der Waals surface area contributed by atoms with Crippen LogP contribution in [0.3, 0.4) is 0 Å². The highest BCUT2D eigenvalue weighted by atomic mass is 16.3. The third kappa shape index (κ3) is 6.58. The summed E-state index contributed by atoms with van der Waals surface area (Å²) >= 11 is 0. The molecule has 0 amide bonds. The number of furan rings is 2. The Morgan fingerprint density at radius 2 is 0.714 bits per heavy atom. The highest BCUT2D eigenvalue weighted by Gasteiger charge is 2.23. The number of benzene rings is 9. The van der Waals surface area contributed by atoms with Crippen LogP contribution in [-0.4, -0.2) is 15.0 Å². The normalized spacial score (nSPS) is 11.5. The topological polar surface area (TPSA) is 68.2 Å². The molecule has 0 aliphatic heterocycles. The maximum Gasteiger partial charge on any atom is 0.164 e. The van der Waals surface area contributed by atoms with Crippen molar-refractivity contribution in [2.45, 2.75) is 0 Å². The van der Waals surface area contributed by atoms with Crippen LogP contribution in [0, 0.1) is 0 Å². The minimum Gasteiger partial charge on any atom is -0.456 e. The third-order valence-corrected chi connectivity index (χ3v) is 11.7. The number of hydrogen-bond acceptors (Lipinski definition) is 6. The molecule has 12 aromatic rings. The summed E-state index contributed by atoms with van der Waals surface area (Å²) in [5.41, 5.74) is 13.2. The van der Waals surface area contributed by atoms with E-state index in [4.69, 9.17) is 23.8 Å². The Bertz CT molecular complexity index is 3520. The molecule has 296 valence electrons. The summed E-state index contributed by atoms with van der Waals surface area (Å²) in [6, 6.07) is 75.3. The molecule has 0 aliphatic rings. The van der Waals surface area contributed by atoms with Crippen LogP contribution in [0.5, 0.6) is 0 Å². The molecule has 9 aromatic carbocycles. The SMILES string of the molecule is c1ccc(-c2ccc(N(c3ccc(-c4ccccc4)cc3)c3cc(-c4nc(-c5ccccc5)nc(-c5ccc6oc7ccccc7c6c5)n4)cc4oc5ccccc5c34)cc2)cc1. The fourth-order valence-corrected chi connectivity index (χ4v) is 8.65. The van der Waals surface area contributed by atoms with E-state index >= 15 is 0 Å². The first-order chi connectivity index (χ1) is 31.2. The van der Waals surface area contributed by atoms with Gasteiger partial charge < -0.3 is 13.7 Å². The van der Waals surface area contributed by atoms with Gasteiger partial charge in [-0.2, -0.15) is 0 Å². The Morgan fingerprint density at radius 3 is 1.32 bits per heavy atom. The van der Waals surface area contributed by atoms with Gasteiger partial charge in [-0.3, -0.25) is 0 Å². The summed E-state index contributed by atoms with van der Waals surface area (Å²) in [4.78, 5) is 17.9. The van der Waals surface area contributed by atoms with E-state index in [1.807, 2.05) is 84.9 Å². The average molecular weight is 809 g/mol. The zero-order valence-electron chi connectivity index (χ0n) is 33.9.